The van der Waals surface area contributed by atoms with Gasteiger partial charge in [-0.3, -0.25) is 10.1 Å². The molecule has 106 valence electrons. The zero-order valence-corrected chi connectivity index (χ0v) is 11.7. The minimum Gasteiger partial charge on any atom is -0.468 e. The molecule has 18 heavy (non-hydrogen) atoms. The quantitative estimate of drug-likeness (QED) is 0.455. The number of carbonyl (C=O) groups is 1. The lowest BCUT2D eigenvalue weighted by molar-refractivity contribution is -0.144. The molecular formula is C14H27NO3. The predicted octanol–water partition coefficient (Wildman–Crippen LogP) is 2.27. The number of esters is 1. The Labute approximate surface area is 110 Å². The van der Waals surface area contributed by atoms with Crippen molar-refractivity contribution in [2.24, 2.45) is 0 Å². The van der Waals surface area contributed by atoms with Gasteiger partial charge in [-0.2, -0.15) is 0 Å². The summed E-state index contributed by atoms with van der Waals surface area (Å²) in [6.45, 7) is 3.38. The van der Waals surface area contributed by atoms with Crippen LogP contribution >= 0.6 is 0 Å². The summed E-state index contributed by atoms with van der Waals surface area (Å²) in [4.78, 5) is 11.5. The molecule has 0 aliphatic heterocycles. The molecule has 1 saturated carbocycles. The van der Waals surface area contributed by atoms with Crippen molar-refractivity contribution in [2.75, 3.05) is 20.3 Å². The highest BCUT2D eigenvalue weighted by Gasteiger charge is 2.28. The van der Waals surface area contributed by atoms with Crippen molar-refractivity contribution in [2.45, 2.75) is 64.0 Å². The van der Waals surface area contributed by atoms with Gasteiger partial charge in [0.25, 0.3) is 0 Å². The normalized spacial score (nSPS) is 16.6. The Morgan fingerprint density at radius 1 is 1.28 bits per heavy atom. The summed E-state index contributed by atoms with van der Waals surface area (Å²) in [5.41, 5.74) is 0. The van der Waals surface area contributed by atoms with Crippen molar-refractivity contribution in [3.8, 4) is 0 Å². The highest BCUT2D eigenvalue weighted by molar-refractivity contribution is 5.75. The number of carbonyl (C=O) groups excluding carboxylic acids is 1. The predicted molar refractivity (Wildman–Crippen MR) is 71.5 cm³/mol. The molecule has 0 radical (unpaired) electrons. The van der Waals surface area contributed by atoms with Crippen molar-refractivity contribution in [1.82, 2.24) is 5.32 Å². The molecule has 1 aliphatic carbocycles. The molecule has 0 heterocycles. The minimum absolute atomic E-state index is 0.215. The van der Waals surface area contributed by atoms with Gasteiger partial charge >= 0.3 is 5.97 Å². The van der Waals surface area contributed by atoms with Crippen LogP contribution in [0.25, 0.3) is 0 Å². The standard InChI is InChI=1S/C14H27NO3/c1-3-4-5-6-7-10-18-11-13(14(16)17-2)15-12-8-9-12/h12-13,15H,3-11H2,1-2H3. The van der Waals surface area contributed by atoms with Gasteiger partial charge in [0.1, 0.15) is 6.04 Å². The van der Waals surface area contributed by atoms with Crippen LogP contribution in [0.3, 0.4) is 0 Å². The Balaban J connectivity index is 2.03. The van der Waals surface area contributed by atoms with E-state index in [1.165, 1.54) is 32.8 Å². The number of hydrogen-bond donors (Lipinski definition) is 1. The average Bonchev–Trinajstić information content (AvgIpc) is 3.19. The fourth-order valence-corrected chi connectivity index (χ4v) is 1.87. The van der Waals surface area contributed by atoms with E-state index in [0.29, 0.717) is 12.6 Å². The van der Waals surface area contributed by atoms with Gasteiger partial charge < -0.3 is 9.47 Å². The molecule has 1 atom stereocenters. The molecule has 4 nitrogen and oxygen atoms in total. The maximum Gasteiger partial charge on any atom is 0.325 e. The number of unbranched alkanes of at least 4 members (excludes halogenated alkanes) is 4. The van der Waals surface area contributed by atoms with Crippen molar-refractivity contribution in [3.63, 3.8) is 0 Å². The maximum absolute atomic E-state index is 11.5. The molecule has 0 saturated heterocycles. The molecule has 1 N–H and O–H groups in total. The second kappa shape index (κ2) is 9.34. The molecule has 1 rings (SSSR count). The molecule has 1 unspecified atom stereocenters. The topological polar surface area (TPSA) is 47.6 Å². The largest absolute Gasteiger partial charge is 0.468 e. The van der Waals surface area contributed by atoms with E-state index in [2.05, 4.69) is 12.2 Å². The van der Waals surface area contributed by atoms with E-state index in [1.807, 2.05) is 0 Å². The Morgan fingerprint density at radius 2 is 2.00 bits per heavy atom. The highest BCUT2D eigenvalue weighted by atomic mass is 16.5. The smallest absolute Gasteiger partial charge is 0.325 e. The van der Waals surface area contributed by atoms with E-state index in [9.17, 15) is 4.79 Å². The number of methoxy groups -OCH3 is 1. The lowest BCUT2D eigenvalue weighted by Gasteiger charge is -2.16. The summed E-state index contributed by atoms with van der Waals surface area (Å²) < 4.78 is 10.3. The van der Waals surface area contributed by atoms with Gasteiger partial charge in [-0.15, -0.1) is 0 Å². The molecule has 1 fully saturated rings. The van der Waals surface area contributed by atoms with Crippen LogP contribution in [0.2, 0.25) is 0 Å². The van der Waals surface area contributed by atoms with Gasteiger partial charge in [0, 0.05) is 12.6 Å². The van der Waals surface area contributed by atoms with Crippen LogP contribution in [0.1, 0.15) is 51.9 Å². The van der Waals surface area contributed by atoms with Crippen molar-refractivity contribution in [1.29, 1.82) is 0 Å². The fourth-order valence-electron chi connectivity index (χ4n) is 1.87. The minimum atomic E-state index is -0.293. The first-order valence-electron chi connectivity index (χ1n) is 7.19. The van der Waals surface area contributed by atoms with Gasteiger partial charge in [-0.05, 0) is 19.3 Å². The van der Waals surface area contributed by atoms with Crippen LogP contribution in [0.4, 0.5) is 0 Å². The van der Waals surface area contributed by atoms with E-state index in [0.717, 1.165) is 25.9 Å². The average molecular weight is 257 g/mol. The van der Waals surface area contributed by atoms with Crippen LogP contribution in [0, 0.1) is 0 Å². The maximum atomic E-state index is 11.5. The first kappa shape index (κ1) is 15.4. The summed E-state index contributed by atoms with van der Waals surface area (Å²) >= 11 is 0. The third-order valence-corrected chi connectivity index (χ3v) is 3.18. The summed E-state index contributed by atoms with van der Waals surface area (Å²) in [6, 6.07) is 0.195. The van der Waals surface area contributed by atoms with Crippen LogP contribution < -0.4 is 5.32 Å². The molecule has 1 aliphatic rings. The monoisotopic (exact) mass is 257 g/mol. The van der Waals surface area contributed by atoms with E-state index in [4.69, 9.17) is 9.47 Å². The molecule has 0 bridgehead atoms. The van der Waals surface area contributed by atoms with Gasteiger partial charge in [0.2, 0.25) is 0 Å². The van der Waals surface area contributed by atoms with Crippen molar-refractivity contribution >= 4 is 5.97 Å². The Hall–Kier alpha value is -0.610. The zero-order valence-electron chi connectivity index (χ0n) is 11.7. The van der Waals surface area contributed by atoms with E-state index >= 15 is 0 Å². The third kappa shape index (κ3) is 6.97. The van der Waals surface area contributed by atoms with Crippen molar-refractivity contribution < 1.29 is 14.3 Å². The number of ether oxygens (including phenoxy) is 2. The summed E-state index contributed by atoms with van der Waals surface area (Å²) in [5.74, 6) is -0.215. The summed E-state index contributed by atoms with van der Waals surface area (Å²) in [6.07, 6.45) is 8.45. The van der Waals surface area contributed by atoms with Crippen LogP contribution in [0.15, 0.2) is 0 Å². The third-order valence-electron chi connectivity index (χ3n) is 3.18. The second-order valence-electron chi connectivity index (χ2n) is 5.01. The summed E-state index contributed by atoms with van der Waals surface area (Å²) in [7, 11) is 1.43. The lowest BCUT2D eigenvalue weighted by Crippen LogP contribution is -2.42. The highest BCUT2D eigenvalue weighted by Crippen LogP contribution is 2.19. The summed E-state index contributed by atoms with van der Waals surface area (Å²) in [5, 5.41) is 3.25. The SMILES string of the molecule is CCCCCCCOCC(NC1CC1)C(=O)OC. The van der Waals surface area contributed by atoms with Crippen LogP contribution in [-0.4, -0.2) is 38.4 Å². The van der Waals surface area contributed by atoms with E-state index < -0.39 is 0 Å². The fraction of sp³-hybridized carbons (Fsp3) is 0.929. The first-order valence-corrected chi connectivity index (χ1v) is 7.19. The Morgan fingerprint density at radius 3 is 2.61 bits per heavy atom. The second-order valence-corrected chi connectivity index (χ2v) is 5.01. The number of hydrogen-bond acceptors (Lipinski definition) is 4. The van der Waals surface area contributed by atoms with E-state index in [1.54, 1.807) is 0 Å². The molecule has 0 aromatic carbocycles. The first-order chi connectivity index (χ1) is 8.77. The van der Waals surface area contributed by atoms with Crippen molar-refractivity contribution in [3.05, 3.63) is 0 Å². The van der Waals surface area contributed by atoms with Gasteiger partial charge in [0.15, 0.2) is 0 Å². The molecule has 0 aromatic heterocycles. The van der Waals surface area contributed by atoms with Gasteiger partial charge in [0.05, 0.1) is 13.7 Å². The van der Waals surface area contributed by atoms with E-state index in [-0.39, 0.29) is 12.0 Å². The molecule has 0 spiro atoms. The zero-order chi connectivity index (χ0) is 13.2. The number of nitrogens with one attached hydrogen (secondary N) is 1. The molecule has 4 heteroatoms. The molecule has 0 aromatic rings. The number of rotatable bonds is 11. The van der Waals surface area contributed by atoms with Gasteiger partial charge in [-0.25, -0.2) is 0 Å². The van der Waals surface area contributed by atoms with Gasteiger partial charge in [-0.1, -0.05) is 32.6 Å². The molecule has 0 amide bonds. The lowest BCUT2D eigenvalue weighted by atomic mass is 10.2. The molecular weight excluding hydrogens is 230 g/mol. The Bertz CT molecular complexity index is 229. The van der Waals surface area contributed by atoms with Crippen LogP contribution in [0.5, 0.6) is 0 Å². The van der Waals surface area contributed by atoms with Crippen LogP contribution in [-0.2, 0) is 14.3 Å². The Kier molecular flexibility index (Phi) is 8.01.